The van der Waals surface area contributed by atoms with Crippen molar-refractivity contribution in [3.8, 4) is 5.75 Å². The van der Waals surface area contributed by atoms with E-state index in [1.165, 1.54) is 0 Å². The predicted octanol–water partition coefficient (Wildman–Crippen LogP) is 3.23. The molecule has 4 rings (SSSR count). The number of hydrogen-bond acceptors (Lipinski definition) is 6. The van der Waals surface area contributed by atoms with Crippen LogP contribution in [0.25, 0.3) is 5.76 Å². The first kappa shape index (κ1) is 23.0. The molecular weight excluding hydrogens is 420 g/mol. The van der Waals surface area contributed by atoms with Crippen molar-refractivity contribution in [3.05, 3.63) is 71.3 Å². The molecule has 2 saturated heterocycles. The predicted molar refractivity (Wildman–Crippen MR) is 125 cm³/mol. The maximum Gasteiger partial charge on any atom is 0.295 e. The van der Waals surface area contributed by atoms with Gasteiger partial charge in [-0.05, 0) is 24.1 Å². The van der Waals surface area contributed by atoms with Crippen LogP contribution in [0.1, 0.15) is 30.5 Å². The Morgan fingerprint density at radius 2 is 1.73 bits per heavy atom. The second-order valence-electron chi connectivity index (χ2n) is 8.23. The van der Waals surface area contributed by atoms with Crippen LogP contribution in [0.2, 0.25) is 0 Å². The number of ketones is 1. The molecule has 174 valence electrons. The zero-order chi connectivity index (χ0) is 23.2. The monoisotopic (exact) mass is 450 g/mol. The number of likely N-dealkylation sites (tertiary alicyclic amines) is 1. The average molecular weight is 451 g/mol. The standard InChI is InChI=1S/C26H30N2O5/c1-2-16-33-21-10-8-19(9-11-21)23-22(24(29)20-6-4-3-5-7-20)25(30)26(31)28(23)13-12-27-14-17-32-18-15-27/h3-11,23,29H,2,12-18H2,1H3/t23-/m0/s1. The zero-order valence-electron chi connectivity index (χ0n) is 18.9. The van der Waals surface area contributed by atoms with E-state index in [2.05, 4.69) is 4.90 Å². The first-order valence-electron chi connectivity index (χ1n) is 11.5. The maximum atomic E-state index is 13.1. The lowest BCUT2D eigenvalue weighted by atomic mass is 9.95. The van der Waals surface area contributed by atoms with E-state index in [4.69, 9.17) is 9.47 Å². The van der Waals surface area contributed by atoms with Crippen molar-refractivity contribution in [2.24, 2.45) is 0 Å². The summed E-state index contributed by atoms with van der Waals surface area (Å²) in [7, 11) is 0. The third-order valence-corrected chi connectivity index (χ3v) is 6.02. The van der Waals surface area contributed by atoms with E-state index in [9.17, 15) is 14.7 Å². The van der Waals surface area contributed by atoms with Gasteiger partial charge in [0.05, 0.1) is 31.4 Å². The van der Waals surface area contributed by atoms with Gasteiger partial charge in [0.25, 0.3) is 11.7 Å². The first-order valence-corrected chi connectivity index (χ1v) is 11.5. The van der Waals surface area contributed by atoms with Crippen LogP contribution in [-0.2, 0) is 14.3 Å². The third-order valence-electron chi connectivity index (χ3n) is 6.02. The van der Waals surface area contributed by atoms with E-state index in [1.54, 1.807) is 29.2 Å². The minimum absolute atomic E-state index is 0.121. The van der Waals surface area contributed by atoms with Crippen molar-refractivity contribution < 1.29 is 24.2 Å². The molecule has 1 atom stereocenters. The number of hydrogen-bond donors (Lipinski definition) is 1. The number of ether oxygens (including phenoxy) is 2. The summed E-state index contributed by atoms with van der Waals surface area (Å²) in [4.78, 5) is 30.0. The van der Waals surface area contributed by atoms with Crippen molar-refractivity contribution in [1.29, 1.82) is 0 Å². The molecule has 0 bridgehead atoms. The lowest BCUT2D eigenvalue weighted by Gasteiger charge is -2.31. The summed E-state index contributed by atoms with van der Waals surface area (Å²) in [6, 6.07) is 15.6. The number of nitrogens with zero attached hydrogens (tertiary/aromatic N) is 2. The first-order chi connectivity index (χ1) is 16.1. The Morgan fingerprint density at radius 3 is 2.39 bits per heavy atom. The third kappa shape index (κ3) is 5.10. The highest BCUT2D eigenvalue weighted by Crippen LogP contribution is 2.39. The van der Waals surface area contributed by atoms with E-state index >= 15 is 0 Å². The molecule has 2 aromatic rings. The molecule has 1 N–H and O–H groups in total. The second-order valence-corrected chi connectivity index (χ2v) is 8.23. The molecular formula is C26H30N2O5. The molecule has 0 aromatic heterocycles. The van der Waals surface area contributed by atoms with Gasteiger partial charge in [-0.25, -0.2) is 0 Å². The second kappa shape index (κ2) is 10.6. The SMILES string of the molecule is CCCOc1ccc([C@H]2C(=C(O)c3ccccc3)C(=O)C(=O)N2CCN2CCOCC2)cc1. The van der Waals surface area contributed by atoms with Gasteiger partial charge < -0.3 is 19.5 Å². The van der Waals surface area contributed by atoms with Gasteiger partial charge in [0.1, 0.15) is 11.5 Å². The fraction of sp³-hybridized carbons (Fsp3) is 0.385. The normalized spacial score (nSPS) is 20.9. The molecule has 0 radical (unpaired) electrons. The van der Waals surface area contributed by atoms with Crippen molar-refractivity contribution in [2.45, 2.75) is 19.4 Å². The van der Waals surface area contributed by atoms with Gasteiger partial charge in [-0.2, -0.15) is 0 Å². The molecule has 0 saturated carbocycles. The van der Waals surface area contributed by atoms with Gasteiger partial charge in [-0.3, -0.25) is 14.5 Å². The summed E-state index contributed by atoms with van der Waals surface area (Å²) in [6.45, 7) is 6.59. The molecule has 0 spiro atoms. The van der Waals surface area contributed by atoms with Crippen LogP contribution in [0.4, 0.5) is 0 Å². The van der Waals surface area contributed by atoms with E-state index < -0.39 is 17.7 Å². The Labute approximate surface area is 194 Å². The van der Waals surface area contributed by atoms with Crippen molar-refractivity contribution in [3.63, 3.8) is 0 Å². The van der Waals surface area contributed by atoms with E-state index in [1.807, 2.05) is 37.3 Å². The van der Waals surface area contributed by atoms with Crippen LogP contribution in [0.5, 0.6) is 5.75 Å². The number of aliphatic hydroxyl groups excluding tert-OH is 1. The number of morpholine rings is 1. The quantitative estimate of drug-likeness (QED) is 0.378. The van der Waals surface area contributed by atoms with Crippen molar-refractivity contribution >= 4 is 17.4 Å². The number of Topliss-reactive ketones (excluding diaryl/α,β-unsaturated/α-hetero) is 1. The Kier molecular flexibility index (Phi) is 7.42. The summed E-state index contributed by atoms with van der Waals surface area (Å²) >= 11 is 0. The van der Waals surface area contributed by atoms with E-state index in [0.29, 0.717) is 38.5 Å². The average Bonchev–Trinajstić information content (AvgIpc) is 3.12. The van der Waals surface area contributed by atoms with Gasteiger partial charge in [0, 0.05) is 31.7 Å². The minimum Gasteiger partial charge on any atom is -0.507 e. The highest BCUT2D eigenvalue weighted by atomic mass is 16.5. The molecule has 2 fully saturated rings. The van der Waals surface area contributed by atoms with Crippen LogP contribution in [0.15, 0.2) is 60.2 Å². The Balaban J connectivity index is 1.68. The molecule has 1 amide bonds. The van der Waals surface area contributed by atoms with Crippen LogP contribution in [0, 0.1) is 0 Å². The van der Waals surface area contributed by atoms with Crippen molar-refractivity contribution in [1.82, 2.24) is 9.80 Å². The summed E-state index contributed by atoms with van der Waals surface area (Å²) < 4.78 is 11.1. The molecule has 2 heterocycles. The summed E-state index contributed by atoms with van der Waals surface area (Å²) in [5, 5.41) is 11.1. The topological polar surface area (TPSA) is 79.3 Å². The molecule has 2 aliphatic heterocycles. The highest BCUT2D eigenvalue weighted by Gasteiger charge is 2.46. The number of benzene rings is 2. The minimum atomic E-state index is -0.661. The number of aliphatic hydroxyl groups is 1. The van der Waals surface area contributed by atoms with Crippen LogP contribution >= 0.6 is 0 Å². The van der Waals surface area contributed by atoms with Gasteiger partial charge in [0.15, 0.2) is 0 Å². The molecule has 0 aliphatic carbocycles. The summed E-state index contributed by atoms with van der Waals surface area (Å²) in [5.74, 6) is -0.667. The molecule has 0 unspecified atom stereocenters. The Bertz CT molecular complexity index is 997. The number of carbonyl (C=O) groups is 2. The number of rotatable bonds is 8. The van der Waals surface area contributed by atoms with Crippen LogP contribution < -0.4 is 4.74 Å². The number of amides is 1. The molecule has 7 nitrogen and oxygen atoms in total. The molecule has 33 heavy (non-hydrogen) atoms. The molecule has 2 aromatic carbocycles. The molecule has 7 heteroatoms. The lowest BCUT2D eigenvalue weighted by molar-refractivity contribution is -0.140. The Morgan fingerprint density at radius 1 is 1.03 bits per heavy atom. The van der Waals surface area contributed by atoms with Gasteiger partial charge in [0.2, 0.25) is 0 Å². The van der Waals surface area contributed by atoms with Gasteiger partial charge in [-0.1, -0.05) is 49.4 Å². The van der Waals surface area contributed by atoms with E-state index in [-0.39, 0.29) is 11.3 Å². The van der Waals surface area contributed by atoms with Crippen molar-refractivity contribution in [2.75, 3.05) is 46.0 Å². The van der Waals surface area contributed by atoms with Crippen LogP contribution in [0.3, 0.4) is 0 Å². The fourth-order valence-corrected chi connectivity index (χ4v) is 4.25. The smallest absolute Gasteiger partial charge is 0.295 e. The maximum absolute atomic E-state index is 13.1. The summed E-state index contributed by atoms with van der Waals surface area (Å²) in [5.41, 5.74) is 1.39. The van der Waals surface area contributed by atoms with Gasteiger partial charge in [-0.15, -0.1) is 0 Å². The van der Waals surface area contributed by atoms with Gasteiger partial charge >= 0.3 is 0 Å². The summed E-state index contributed by atoms with van der Waals surface area (Å²) in [6.07, 6.45) is 0.903. The van der Waals surface area contributed by atoms with E-state index in [0.717, 1.165) is 30.8 Å². The van der Waals surface area contributed by atoms with Crippen LogP contribution in [-0.4, -0.2) is 72.6 Å². The molecule has 2 aliphatic rings. The zero-order valence-corrected chi connectivity index (χ0v) is 18.9. The number of carbonyl (C=O) groups excluding carboxylic acids is 2. The lowest BCUT2D eigenvalue weighted by Crippen LogP contribution is -2.42. The fourth-order valence-electron chi connectivity index (χ4n) is 4.25. The highest BCUT2D eigenvalue weighted by molar-refractivity contribution is 6.46. The Hall–Kier alpha value is -3.16. The largest absolute Gasteiger partial charge is 0.507 e.